The van der Waals surface area contributed by atoms with E-state index < -0.39 is 0 Å². The van der Waals surface area contributed by atoms with Crippen LogP contribution in [0.5, 0.6) is 0 Å². The minimum Gasteiger partial charge on any atom is -0.355 e. The van der Waals surface area contributed by atoms with Crippen LogP contribution in [0, 0.1) is 5.92 Å². The normalized spacial score (nSPS) is 21.0. The van der Waals surface area contributed by atoms with Crippen molar-refractivity contribution < 1.29 is 0 Å². The van der Waals surface area contributed by atoms with Crippen LogP contribution in [0.2, 0.25) is 0 Å². The van der Waals surface area contributed by atoms with E-state index in [1.165, 1.54) is 77.0 Å². The summed E-state index contributed by atoms with van der Waals surface area (Å²) in [6, 6.07) is 0.629. The van der Waals surface area contributed by atoms with Gasteiger partial charge in [-0.25, -0.2) is 0 Å². The Bertz CT molecular complexity index is 331. The summed E-state index contributed by atoms with van der Waals surface area (Å²) < 4.78 is 0. The molecule has 0 amide bonds. The maximum Gasteiger partial charge on any atom is 0.191 e. The highest BCUT2D eigenvalue weighted by Crippen LogP contribution is 2.23. The number of rotatable bonds is 9. The summed E-state index contributed by atoms with van der Waals surface area (Å²) >= 11 is 0. The molecule has 0 aromatic heterocycles. The average Bonchev–Trinajstić information content (AvgIpc) is 2.64. The molecule has 0 aromatic rings. The Hall–Kier alpha value is -0.770. The summed E-state index contributed by atoms with van der Waals surface area (Å²) in [5.41, 5.74) is 0. The Balaban J connectivity index is 1.73. The van der Waals surface area contributed by atoms with Gasteiger partial charge in [0.1, 0.15) is 0 Å². The third kappa shape index (κ3) is 8.36. The summed E-state index contributed by atoms with van der Waals surface area (Å²) in [5, 5.41) is 10.8. The van der Waals surface area contributed by atoms with Crippen LogP contribution < -0.4 is 16.0 Å². The first kappa shape index (κ1) is 19.6. The number of hydrogen-bond donors (Lipinski definition) is 3. The van der Waals surface area contributed by atoms with Crippen LogP contribution in [-0.2, 0) is 0 Å². The van der Waals surface area contributed by atoms with E-state index >= 15 is 0 Å². The van der Waals surface area contributed by atoms with Gasteiger partial charge in [-0.05, 0) is 44.6 Å². The fraction of sp³-hybridized carbons (Fsp3) is 0.950. The quantitative estimate of drug-likeness (QED) is 0.341. The first-order valence-electron chi connectivity index (χ1n) is 10.6. The minimum atomic E-state index is 0.629. The van der Waals surface area contributed by atoms with Gasteiger partial charge < -0.3 is 16.0 Å². The number of nitrogens with one attached hydrogen (secondary N) is 3. The Labute approximate surface area is 149 Å². The maximum absolute atomic E-state index is 4.94. The number of guanidine groups is 1. The van der Waals surface area contributed by atoms with Crippen molar-refractivity contribution in [2.45, 2.75) is 90.0 Å². The topological polar surface area (TPSA) is 48.5 Å². The molecule has 2 saturated carbocycles. The van der Waals surface area contributed by atoms with E-state index in [1.807, 2.05) is 0 Å². The zero-order chi connectivity index (χ0) is 16.9. The van der Waals surface area contributed by atoms with Crippen LogP contribution in [0.4, 0.5) is 0 Å². The second kappa shape index (κ2) is 12.6. The van der Waals surface area contributed by atoms with Crippen LogP contribution >= 0.6 is 0 Å². The first-order chi connectivity index (χ1) is 11.9. The summed E-state index contributed by atoms with van der Waals surface area (Å²) in [4.78, 5) is 4.94. The van der Waals surface area contributed by atoms with Crippen molar-refractivity contribution in [1.29, 1.82) is 0 Å². The molecule has 0 atom stereocenters. The Morgan fingerprint density at radius 3 is 2.29 bits per heavy atom. The molecular weight excluding hydrogens is 296 g/mol. The van der Waals surface area contributed by atoms with Crippen molar-refractivity contribution in [2.75, 3.05) is 26.2 Å². The molecule has 0 saturated heterocycles. The molecule has 2 rings (SSSR count). The summed E-state index contributed by atoms with van der Waals surface area (Å²) in [5.74, 6) is 1.87. The van der Waals surface area contributed by atoms with Gasteiger partial charge in [0, 0.05) is 25.7 Å². The van der Waals surface area contributed by atoms with Crippen molar-refractivity contribution in [2.24, 2.45) is 10.9 Å². The van der Waals surface area contributed by atoms with Crippen molar-refractivity contribution in [3.8, 4) is 0 Å². The first-order valence-corrected chi connectivity index (χ1v) is 10.6. The fourth-order valence-corrected chi connectivity index (χ4v) is 3.88. The van der Waals surface area contributed by atoms with E-state index in [-0.39, 0.29) is 0 Å². The van der Waals surface area contributed by atoms with Crippen LogP contribution in [0.15, 0.2) is 4.99 Å². The molecule has 140 valence electrons. The third-order valence-electron chi connectivity index (χ3n) is 5.48. The lowest BCUT2D eigenvalue weighted by molar-refractivity contribution is 0.365. The van der Waals surface area contributed by atoms with E-state index in [4.69, 9.17) is 4.99 Å². The Kier molecular flexibility index (Phi) is 10.2. The van der Waals surface area contributed by atoms with Crippen LogP contribution in [0.3, 0.4) is 0 Å². The number of aliphatic imine (C=N–C) groups is 1. The number of hydrogen-bond acceptors (Lipinski definition) is 2. The van der Waals surface area contributed by atoms with Gasteiger partial charge in [-0.3, -0.25) is 4.99 Å². The van der Waals surface area contributed by atoms with Crippen molar-refractivity contribution in [3.05, 3.63) is 0 Å². The molecule has 4 nitrogen and oxygen atoms in total. The second-order valence-electron chi connectivity index (χ2n) is 7.70. The molecule has 0 radical (unpaired) electrons. The molecule has 0 heterocycles. The SMILES string of the molecule is CCCCNCCNC(=NCC1CCCCC1)NC1CCCCC1. The predicted octanol–water partition coefficient (Wildman–Crippen LogP) is 3.82. The molecule has 2 aliphatic carbocycles. The highest BCUT2D eigenvalue weighted by Gasteiger charge is 2.16. The molecule has 0 unspecified atom stereocenters. The maximum atomic E-state index is 4.94. The summed E-state index contributed by atoms with van der Waals surface area (Å²) in [7, 11) is 0. The lowest BCUT2D eigenvalue weighted by atomic mass is 9.89. The average molecular weight is 337 g/mol. The van der Waals surface area contributed by atoms with Gasteiger partial charge in [-0.15, -0.1) is 0 Å². The Morgan fingerprint density at radius 1 is 0.875 bits per heavy atom. The molecule has 0 bridgehead atoms. The van der Waals surface area contributed by atoms with Gasteiger partial charge in [0.25, 0.3) is 0 Å². The molecule has 24 heavy (non-hydrogen) atoms. The standard InChI is InChI=1S/C20H40N4/c1-2-3-14-21-15-16-22-20(24-19-12-8-5-9-13-19)23-17-18-10-6-4-7-11-18/h18-19,21H,2-17H2,1H3,(H2,22,23,24). The van der Waals surface area contributed by atoms with Crippen molar-refractivity contribution >= 4 is 5.96 Å². The van der Waals surface area contributed by atoms with Gasteiger partial charge in [0.05, 0.1) is 0 Å². The van der Waals surface area contributed by atoms with Gasteiger partial charge in [-0.1, -0.05) is 51.9 Å². The molecule has 2 fully saturated rings. The largest absolute Gasteiger partial charge is 0.355 e. The van der Waals surface area contributed by atoms with Gasteiger partial charge in [0.2, 0.25) is 0 Å². The van der Waals surface area contributed by atoms with Crippen molar-refractivity contribution in [1.82, 2.24) is 16.0 Å². The molecule has 3 N–H and O–H groups in total. The highest BCUT2D eigenvalue weighted by molar-refractivity contribution is 5.80. The zero-order valence-corrected chi connectivity index (χ0v) is 15.9. The van der Waals surface area contributed by atoms with E-state index in [1.54, 1.807) is 0 Å². The van der Waals surface area contributed by atoms with E-state index in [0.717, 1.165) is 38.1 Å². The van der Waals surface area contributed by atoms with Crippen LogP contribution in [-0.4, -0.2) is 38.2 Å². The monoisotopic (exact) mass is 336 g/mol. The smallest absolute Gasteiger partial charge is 0.191 e. The molecule has 0 aliphatic heterocycles. The summed E-state index contributed by atoms with van der Waals surface area (Å²) in [6.45, 7) is 6.36. The second-order valence-corrected chi connectivity index (χ2v) is 7.70. The van der Waals surface area contributed by atoms with Crippen molar-refractivity contribution in [3.63, 3.8) is 0 Å². The van der Waals surface area contributed by atoms with E-state index in [2.05, 4.69) is 22.9 Å². The number of unbranched alkanes of at least 4 members (excludes halogenated alkanes) is 1. The zero-order valence-electron chi connectivity index (χ0n) is 15.9. The highest BCUT2D eigenvalue weighted by atomic mass is 15.2. The summed E-state index contributed by atoms with van der Waals surface area (Å²) in [6.07, 6.45) is 16.3. The van der Waals surface area contributed by atoms with E-state index in [0.29, 0.717) is 6.04 Å². The Morgan fingerprint density at radius 2 is 1.58 bits per heavy atom. The van der Waals surface area contributed by atoms with Crippen LogP contribution in [0.1, 0.15) is 84.0 Å². The van der Waals surface area contributed by atoms with Gasteiger partial charge in [0.15, 0.2) is 5.96 Å². The molecular formula is C20H40N4. The predicted molar refractivity (Wildman–Crippen MR) is 105 cm³/mol. The third-order valence-corrected chi connectivity index (χ3v) is 5.48. The van der Waals surface area contributed by atoms with Crippen LogP contribution in [0.25, 0.3) is 0 Å². The molecule has 0 spiro atoms. The number of nitrogens with zero attached hydrogens (tertiary/aromatic N) is 1. The lowest BCUT2D eigenvalue weighted by Gasteiger charge is -2.26. The fourth-order valence-electron chi connectivity index (χ4n) is 3.88. The van der Waals surface area contributed by atoms with E-state index in [9.17, 15) is 0 Å². The molecule has 2 aliphatic rings. The van der Waals surface area contributed by atoms with Gasteiger partial charge in [-0.2, -0.15) is 0 Å². The molecule has 0 aromatic carbocycles. The lowest BCUT2D eigenvalue weighted by Crippen LogP contribution is -2.46. The van der Waals surface area contributed by atoms with Gasteiger partial charge >= 0.3 is 0 Å². The molecule has 4 heteroatoms. The minimum absolute atomic E-state index is 0.629.